The lowest BCUT2D eigenvalue weighted by Gasteiger charge is -2.07. The largest absolute Gasteiger partial charge is 0.452 e. The molecule has 0 atom stereocenters. The summed E-state index contributed by atoms with van der Waals surface area (Å²) < 4.78 is 31.8. The van der Waals surface area contributed by atoms with Crippen molar-refractivity contribution in [3.8, 4) is 11.5 Å². The molecule has 16 heavy (non-hydrogen) atoms. The van der Waals surface area contributed by atoms with Crippen molar-refractivity contribution in [2.24, 2.45) is 0 Å². The van der Waals surface area contributed by atoms with E-state index in [4.69, 9.17) is 4.74 Å². The molecule has 1 radical (unpaired) electrons. The van der Waals surface area contributed by atoms with Crippen LogP contribution < -0.4 is 4.74 Å². The van der Waals surface area contributed by atoms with E-state index in [-0.39, 0.29) is 11.5 Å². The Labute approximate surface area is 99.0 Å². The third-order valence-corrected chi connectivity index (χ3v) is 2.37. The third kappa shape index (κ3) is 2.19. The summed E-state index contributed by atoms with van der Waals surface area (Å²) in [5, 5.41) is 0. The van der Waals surface area contributed by atoms with Gasteiger partial charge in [-0.3, -0.25) is 4.98 Å². The number of hydrogen-bond acceptors (Lipinski definition) is 2. The molecule has 0 saturated carbocycles. The van der Waals surface area contributed by atoms with Crippen molar-refractivity contribution < 1.29 is 13.5 Å². The molecule has 1 heterocycles. The molecule has 0 aliphatic rings. The highest BCUT2D eigenvalue weighted by atomic mass is 79.9. The summed E-state index contributed by atoms with van der Waals surface area (Å²) in [7, 11) is 0. The maximum Gasteiger partial charge on any atom is 0.201 e. The molecule has 0 bridgehead atoms. The number of ether oxygens (including phenoxy) is 1. The molecule has 0 aliphatic carbocycles. The van der Waals surface area contributed by atoms with Crippen LogP contribution in [0.1, 0.15) is 0 Å². The van der Waals surface area contributed by atoms with Crippen LogP contribution in [0, 0.1) is 17.7 Å². The van der Waals surface area contributed by atoms with Gasteiger partial charge in [0.25, 0.3) is 0 Å². The Bertz CT molecular complexity index is 519. The first-order chi connectivity index (χ1) is 7.68. The number of aromatic nitrogens is 1. The second kappa shape index (κ2) is 4.57. The Hall–Kier alpha value is -1.49. The number of hydrogen-bond donors (Lipinski definition) is 0. The summed E-state index contributed by atoms with van der Waals surface area (Å²) in [6.45, 7) is 0. The lowest BCUT2D eigenvalue weighted by atomic mass is 10.3. The zero-order chi connectivity index (χ0) is 11.5. The van der Waals surface area contributed by atoms with Gasteiger partial charge >= 0.3 is 0 Å². The van der Waals surface area contributed by atoms with Crippen molar-refractivity contribution in [1.29, 1.82) is 0 Å². The molecule has 0 unspecified atom stereocenters. The molecule has 0 fully saturated rings. The predicted octanol–water partition coefficient (Wildman–Crippen LogP) is 3.71. The molecule has 1 aromatic heterocycles. The minimum atomic E-state index is -1.03. The van der Waals surface area contributed by atoms with E-state index in [0.29, 0.717) is 4.47 Å². The molecular formula is C11H5BrF2NO. The van der Waals surface area contributed by atoms with Crippen LogP contribution in [0.25, 0.3) is 0 Å². The van der Waals surface area contributed by atoms with E-state index in [1.54, 1.807) is 0 Å². The number of benzene rings is 1. The van der Waals surface area contributed by atoms with E-state index >= 15 is 0 Å². The molecule has 1 aromatic carbocycles. The molecule has 0 saturated heterocycles. The number of halogens is 3. The molecule has 0 spiro atoms. The number of pyridine rings is 1. The summed E-state index contributed by atoms with van der Waals surface area (Å²) in [6.07, 6.45) is 2.85. The van der Waals surface area contributed by atoms with E-state index in [0.717, 1.165) is 6.07 Å². The van der Waals surface area contributed by atoms with Gasteiger partial charge in [-0.15, -0.1) is 0 Å². The highest BCUT2D eigenvalue weighted by molar-refractivity contribution is 9.10. The van der Waals surface area contributed by atoms with Gasteiger partial charge in [0.1, 0.15) is 0 Å². The molecule has 0 amide bonds. The van der Waals surface area contributed by atoms with Crippen LogP contribution in [0.3, 0.4) is 0 Å². The summed E-state index contributed by atoms with van der Waals surface area (Å²) in [5.74, 6) is -1.93. The van der Waals surface area contributed by atoms with Gasteiger partial charge in [0.2, 0.25) is 5.82 Å². The van der Waals surface area contributed by atoms with Gasteiger partial charge in [0, 0.05) is 18.5 Å². The van der Waals surface area contributed by atoms with Gasteiger partial charge in [-0.1, -0.05) is 6.07 Å². The number of nitrogens with zero attached hydrogens (tertiary/aromatic N) is 1. The molecule has 2 aromatic rings. The standard InChI is InChI=1S/C11H5BrF2NO/c12-7-6-15-5-4-9(7)16-10-3-1-2-8(13)11(10)14/h1-3,5-6H. The topological polar surface area (TPSA) is 22.1 Å². The van der Waals surface area contributed by atoms with E-state index in [1.807, 2.05) is 0 Å². The van der Waals surface area contributed by atoms with Crippen LogP contribution in [0.2, 0.25) is 0 Å². The van der Waals surface area contributed by atoms with E-state index in [2.05, 4.69) is 27.0 Å². The molecule has 2 rings (SSSR count). The lowest BCUT2D eigenvalue weighted by molar-refractivity contribution is 0.413. The SMILES string of the molecule is Fc1cccc(Oc2[c]cncc2Br)c1F. The maximum absolute atomic E-state index is 13.3. The van der Waals surface area contributed by atoms with E-state index < -0.39 is 11.6 Å². The van der Waals surface area contributed by atoms with Crippen LogP contribution in [0.5, 0.6) is 11.5 Å². The van der Waals surface area contributed by atoms with Crippen molar-refractivity contribution in [1.82, 2.24) is 4.98 Å². The Morgan fingerprint density at radius 1 is 1.31 bits per heavy atom. The molecule has 2 nitrogen and oxygen atoms in total. The monoisotopic (exact) mass is 284 g/mol. The Morgan fingerprint density at radius 2 is 2.12 bits per heavy atom. The van der Waals surface area contributed by atoms with Crippen LogP contribution in [0.4, 0.5) is 8.78 Å². The highest BCUT2D eigenvalue weighted by Crippen LogP contribution is 2.30. The van der Waals surface area contributed by atoms with Crippen molar-refractivity contribution in [3.05, 3.63) is 52.8 Å². The third-order valence-electron chi connectivity index (χ3n) is 1.80. The normalized spacial score (nSPS) is 10.2. The summed E-state index contributed by atoms with van der Waals surface area (Å²) in [4.78, 5) is 3.78. The second-order valence-corrected chi connectivity index (χ2v) is 3.74. The van der Waals surface area contributed by atoms with Crippen molar-refractivity contribution >= 4 is 15.9 Å². The van der Waals surface area contributed by atoms with Crippen LogP contribution in [-0.2, 0) is 0 Å². The smallest absolute Gasteiger partial charge is 0.201 e. The van der Waals surface area contributed by atoms with Gasteiger partial charge < -0.3 is 4.74 Å². The lowest BCUT2D eigenvalue weighted by Crippen LogP contribution is -1.92. The average molecular weight is 285 g/mol. The van der Waals surface area contributed by atoms with E-state index in [1.165, 1.54) is 24.5 Å². The minimum Gasteiger partial charge on any atom is -0.452 e. The first-order valence-corrected chi connectivity index (χ1v) is 5.11. The van der Waals surface area contributed by atoms with Crippen LogP contribution >= 0.6 is 15.9 Å². The molecular weight excluding hydrogens is 280 g/mol. The Balaban J connectivity index is 2.35. The molecule has 0 N–H and O–H groups in total. The summed E-state index contributed by atoms with van der Waals surface area (Å²) >= 11 is 3.16. The second-order valence-electron chi connectivity index (χ2n) is 2.88. The van der Waals surface area contributed by atoms with Crippen molar-refractivity contribution in [3.63, 3.8) is 0 Å². The zero-order valence-corrected chi connectivity index (χ0v) is 9.46. The van der Waals surface area contributed by atoms with Crippen LogP contribution in [-0.4, -0.2) is 4.98 Å². The molecule has 81 valence electrons. The van der Waals surface area contributed by atoms with Gasteiger partial charge in [-0.25, -0.2) is 4.39 Å². The summed E-state index contributed by atoms with van der Waals surface area (Å²) in [6, 6.07) is 6.38. The van der Waals surface area contributed by atoms with Gasteiger partial charge in [0.05, 0.1) is 4.47 Å². The molecule has 0 aliphatic heterocycles. The van der Waals surface area contributed by atoms with Gasteiger partial charge in [-0.2, -0.15) is 4.39 Å². The first-order valence-electron chi connectivity index (χ1n) is 4.31. The van der Waals surface area contributed by atoms with Crippen molar-refractivity contribution in [2.75, 3.05) is 0 Å². The van der Waals surface area contributed by atoms with Gasteiger partial charge in [0.15, 0.2) is 17.3 Å². The predicted molar refractivity (Wildman–Crippen MR) is 57.2 cm³/mol. The minimum absolute atomic E-state index is 0.192. The highest BCUT2D eigenvalue weighted by Gasteiger charge is 2.11. The number of rotatable bonds is 2. The van der Waals surface area contributed by atoms with Crippen LogP contribution in [0.15, 0.2) is 35.1 Å². The fraction of sp³-hybridized carbons (Fsp3) is 0. The quantitative estimate of drug-likeness (QED) is 0.839. The fourth-order valence-corrected chi connectivity index (χ4v) is 1.39. The first kappa shape index (κ1) is 11.0. The Kier molecular flexibility index (Phi) is 3.14. The van der Waals surface area contributed by atoms with Crippen molar-refractivity contribution in [2.45, 2.75) is 0 Å². The molecule has 5 heteroatoms. The fourth-order valence-electron chi connectivity index (χ4n) is 1.08. The van der Waals surface area contributed by atoms with E-state index in [9.17, 15) is 8.78 Å². The van der Waals surface area contributed by atoms with Gasteiger partial charge in [-0.05, 0) is 28.1 Å². The Morgan fingerprint density at radius 3 is 2.88 bits per heavy atom. The summed E-state index contributed by atoms with van der Waals surface area (Å²) in [5.41, 5.74) is 0. The zero-order valence-electron chi connectivity index (χ0n) is 7.88. The average Bonchev–Trinajstić information content (AvgIpc) is 2.28. The maximum atomic E-state index is 13.3.